The zero-order valence-corrected chi connectivity index (χ0v) is 20.4. The Morgan fingerprint density at radius 1 is 1.09 bits per heavy atom. The Labute approximate surface area is 199 Å². The van der Waals surface area contributed by atoms with E-state index < -0.39 is 10.0 Å². The number of rotatable bonds is 6. The monoisotopic (exact) mass is 492 g/mol. The van der Waals surface area contributed by atoms with Crippen LogP contribution in [0.5, 0.6) is 0 Å². The molecule has 0 unspecified atom stereocenters. The van der Waals surface area contributed by atoms with E-state index in [-0.39, 0.29) is 6.04 Å². The van der Waals surface area contributed by atoms with Gasteiger partial charge in [-0.3, -0.25) is 4.90 Å². The highest BCUT2D eigenvalue weighted by Crippen LogP contribution is 2.41. The van der Waals surface area contributed by atoms with Crippen LogP contribution in [0.3, 0.4) is 0 Å². The van der Waals surface area contributed by atoms with Gasteiger partial charge in [0.1, 0.15) is 4.21 Å². The summed E-state index contributed by atoms with van der Waals surface area (Å²) >= 11 is 7.09. The third kappa shape index (κ3) is 4.98. The van der Waals surface area contributed by atoms with E-state index in [4.69, 9.17) is 16.3 Å². The predicted octanol–water partition coefficient (Wildman–Crippen LogP) is 4.22. The van der Waals surface area contributed by atoms with Crippen molar-refractivity contribution in [2.75, 3.05) is 32.8 Å². The Bertz CT molecular complexity index is 1090. The number of nitrogens with zero attached hydrogens (tertiary/aromatic N) is 1. The van der Waals surface area contributed by atoms with Crippen LogP contribution in [0.2, 0.25) is 4.34 Å². The molecule has 8 heteroatoms. The number of halogens is 1. The van der Waals surface area contributed by atoms with Gasteiger partial charge in [-0.05, 0) is 66.3 Å². The number of hydrogen-bond donors (Lipinski definition) is 1. The molecule has 2 aromatic rings. The van der Waals surface area contributed by atoms with Crippen molar-refractivity contribution in [3.63, 3.8) is 0 Å². The lowest BCUT2D eigenvalue weighted by Crippen LogP contribution is -2.41. The number of ether oxygens (including phenoxy) is 1. The Balaban J connectivity index is 1.28. The van der Waals surface area contributed by atoms with Gasteiger partial charge in [0.15, 0.2) is 0 Å². The van der Waals surface area contributed by atoms with E-state index >= 15 is 0 Å². The second-order valence-corrected chi connectivity index (χ2v) is 12.7. The first-order valence-corrected chi connectivity index (χ1v) is 14.0. The summed E-state index contributed by atoms with van der Waals surface area (Å²) in [7, 11) is -3.54. The zero-order chi connectivity index (χ0) is 22.1. The summed E-state index contributed by atoms with van der Waals surface area (Å²) in [4.78, 5) is 2.40. The maximum atomic E-state index is 12.9. The first kappa shape index (κ1) is 22.6. The minimum absolute atomic E-state index is 0.0198. The molecule has 1 aliphatic heterocycles. The average molecular weight is 493 g/mol. The van der Waals surface area contributed by atoms with E-state index in [0.29, 0.717) is 20.4 Å². The van der Waals surface area contributed by atoms with E-state index in [9.17, 15) is 8.42 Å². The molecular weight excluding hydrogens is 464 g/mol. The van der Waals surface area contributed by atoms with Crippen LogP contribution in [-0.2, 0) is 27.6 Å². The van der Waals surface area contributed by atoms with E-state index in [0.717, 1.165) is 69.9 Å². The molecule has 1 aromatic heterocycles. The van der Waals surface area contributed by atoms with Gasteiger partial charge in [0.2, 0.25) is 10.0 Å². The number of sulfonamides is 1. The van der Waals surface area contributed by atoms with Crippen LogP contribution in [0.4, 0.5) is 0 Å². The summed E-state index contributed by atoms with van der Waals surface area (Å²) in [6, 6.07) is 9.96. The molecule has 0 spiro atoms. The highest BCUT2D eigenvalue weighted by Gasteiger charge is 2.41. The van der Waals surface area contributed by atoms with Gasteiger partial charge >= 0.3 is 0 Å². The molecule has 2 aliphatic carbocycles. The van der Waals surface area contributed by atoms with Crippen molar-refractivity contribution >= 4 is 39.0 Å². The highest BCUT2D eigenvalue weighted by molar-refractivity contribution is 7.91. The van der Waals surface area contributed by atoms with Crippen molar-refractivity contribution in [3.8, 4) is 0 Å². The second-order valence-electron chi connectivity index (χ2n) is 9.05. The van der Waals surface area contributed by atoms with E-state index in [1.165, 1.54) is 16.7 Å². The minimum Gasteiger partial charge on any atom is -0.379 e. The second kappa shape index (κ2) is 9.57. The van der Waals surface area contributed by atoms with Crippen LogP contribution in [0.15, 0.2) is 40.6 Å². The van der Waals surface area contributed by atoms with Gasteiger partial charge in [0, 0.05) is 25.7 Å². The molecule has 32 heavy (non-hydrogen) atoms. The van der Waals surface area contributed by atoms with Crippen molar-refractivity contribution in [3.05, 3.63) is 57.4 Å². The minimum atomic E-state index is -3.54. The molecular formula is C24H29ClN2O3S2. The highest BCUT2D eigenvalue weighted by atomic mass is 35.5. The molecule has 2 fully saturated rings. The molecule has 2 bridgehead atoms. The average Bonchev–Trinajstić information content (AvgIpc) is 3.33. The summed E-state index contributed by atoms with van der Waals surface area (Å²) in [5, 5.41) is 0. The molecule has 5 nitrogen and oxygen atoms in total. The van der Waals surface area contributed by atoms with Crippen molar-refractivity contribution in [1.82, 2.24) is 9.62 Å². The van der Waals surface area contributed by atoms with Crippen LogP contribution in [-0.4, -0.2) is 52.2 Å². The van der Waals surface area contributed by atoms with Gasteiger partial charge in [-0.1, -0.05) is 42.0 Å². The Kier molecular flexibility index (Phi) is 6.75. The summed E-state index contributed by atoms with van der Waals surface area (Å²) in [5.41, 5.74) is 3.96. The zero-order valence-electron chi connectivity index (χ0n) is 18.0. The molecule has 1 N–H and O–H groups in total. The van der Waals surface area contributed by atoms with Crippen LogP contribution < -0.4 is 4.72 Å². The lowest BCUT2D eigenvalue weighted by atomic mass is 9.92. The van der Waals surface area contributed by atoms with Crippen molar-refractivity contribution in [1.29, 1.82) is 0 Å². The number of nitrogens with one attached hydrogen (secondary N) is 1. The van der Waals surface area contributed by atoms with Gasteiger partial charge in [0.05, 0.1) is 17.6 Å². The third-order valence-electron chi connectivity index (χ3n) is 7.00. The smallest absolute Gasteiger partial charge is 0.250 e. The molecule has 3 atom stereocenters. The Morgan fingerprint density at radius 2 is 1.84 bits per heavy atom. The summed E-state index contributed by atoms with van der Waals surface area (Å²) < 4.78 is 35.1. The Hall–Kier alpha value is -1.22. The molecule has 172 valence electrons. The quantitative estimate of drug-likeness (QED) is 0.656. The van der Waals surface area contributed by atoms with E-state index in [1.807, 2.05) is 0 Å². The number of thiophene rings is 1. The fourth-order valence-electron chi connectivity index (χ4n) is 5.33. The maximum absolute atomic E-state index is 12.9. The summed E-state index contributed by atoms with van der Waals surface area (Å²) in [5.74, 6) is 0.674. The molecule has 0 amide bonds. The molecule has 2 heterocycles. The Morgan fingerprint density at radius 3 is 2.56 bits per heavy atom. The largest absolute Gasteiger partial charge is 0.379 e. The third-order valence-corrected chi connectivity index (χ3v) is 10.2. The van der Waals surface area contributed by atoms with Crippen LogP contribution in [0.1, 0.15) is 29.5 Å². The fraction of sp³-hybridized carbons (Fsp3) is 0.500. The van der Waals surface area contributed by atoms with Gasteiger partial charge in [-0.2, -0.15) is 0 Å². The van der Waals surface area contributed by atoms with Crippen LogP contribution in [0.25, 0.3) is 6.08 Å². The van der Waals surface area contributed by atoms with E-state index in [2.05, 4.69) is 40.0 Å². The number of fused-ring (bicyclic) bond motifs is 3. The number of hydrogen-bond acceptors (Lipinski definition) is 5. The standard InChI is InChI=1S/C24H29ClN2O3S2/c25-22-7-8-23(31-22)32(28,29)26-24-19-5-6-20(24)16-21-14-17(3-4-18(21)15-19)2-1-9-27-10-12-30-13-11-27/h1-4,7-8,14,19-20,24,26H,5-6,9-13,15-16H2/t19-,20+,24+/m1/s1. The number of morpholine rings is 1. The SMILES string of the molecule is O=S(=O)(N[C@H]1[C@@H]2CC[C@H]1Cc1cc(C=CCN3CCOCC3)ccc1C2)c1ccc(Cl)s1. The van der Waals surface area contributed by atoms with Crippen LogP contribution >= 0.6 is 22.9 Å². The molecule has 0 radical (unpaired) electrons. The molecule has 1 saturated carbocycles. The molecule has 1 saturated heterocycles. The maximum Gasteiger partial charge on any atom is 0.250 e. The lowest BCUT2D eigenvalue weighted by Gasteiger charge is -2.25. The lowest BCUT2D eigenvalue weighted by molar-refractivity contribution is 0.0435. The fourth-order valence-corrected chi connectivity index (χ4v) is 8.20. The first-order valence-electron chi connectivity index (χ1n) is 11.3. The van der Waals surface area contributed by atoms with Crippen molar-refractivity contribution < 1.29 is 13.2 Å². The van der Waals surface area contributed by atoms with Gasteiger partial charge in [0.25, 0.3) is 0 Å². The van der Waals surface area contributed by atoms with Gasteiger partial charge in [-0.15, -0.1) is 11.3 Å². The van der Waals surface area contributed by atoms with Crippen molar-refractivity contribution in [2.45, 2.75) is 35.9 Å². The van der Waals surface area contributed by atoms with E-state index in [1.54, 1.807) is 12.1 Å². The topological polar surface area (TPSA) is 58.6 Å². The summed E-state index contributed by atoms with van der Waals surface area (Å²) in [6.45, 7) is 4.57. The van der Waals surface area contributed by atoms with Gasteiger partial charge in [-0.25, -0.2) is 13.1 Å². The molecule has 5 rings (SSSR count). The molecule has 1 aromatic carbocycles. The molecule has 3 aliphatic rings. The summed E-state index contributed by atoms with van der Waals surface area (Å²) in [6.07, 6.45) is 8.44. The normalized spacial score (nSPS) is 26.3. The first-order chi connectivity index (χ1) is 15.5. The van der Waals surface area contributed by atoms with Crippen molar-refractivity contribution in [2.24, 2.45) is 11.8 Å². The predicted molar refractivity (Wildman–Crippen MR) is 130 cm³/mol. The van der Waals surface area contributed by atoms with Gasteiger partial charge < -0.3 is 4.74 Å². The van der Waals surface area contributed by atoms with Crippen LogP contribution in [0, 0.1) is 11.8 Å². The number of benzene rings is 1.